The smallest absolute Gasteiger partial charge is 0.211 e. The lowest BCUT2D eigenvalue weighted by molar-refractivity contribution is 0.522. The Morgan fingerprint density at radius 1 is 1.00 bits per heavy atom. The molecule has 0 saturated heterocycles. The molecule has 0 aromatic rings. The number of hydrogen-bond donors (Lipinski definition) is 0. The first kappa shape index (κ1) is 18.2. The van der Waals surface area contributed by atoms with Gasteiger partial charge in [-0.05, 0) is 6.42 Å². The minimum absolute atomic E-state index is 0.122. The summed E-state index contributed by atoms with van der Waals surface area (Å²) in [6, 6.07) is 0. The zero-order chi connectivity index (χ0) is 14.9. The third kappa shape index (κ3) is 6.81. The lowest BCUT2D eigenvalue weighted by Gasteiger charge is -2.13. The van der Waals surface area contributed by atoms with E-state index >= 15 is 0 Å². The summed E-state index contributed by atoms with van der Waals surface area (Å²) in [6.45, 7) is 2.08. The molecule has 0 fully saturated rings. The predicted molar refractivity (Wildman–Crippen MR) is 72.0 cm³/mol. The predicted octanol–water partition coefficient (Wildman–Crippen LogP) is 1.19. The highest BCUT2D eigenvalue weighted by atomic mass is 32.3. The number of carbonyl (C=O) groups excluding carboxylic acids is 1. The Hall–Kier alpha value is -0.760. The summed E-state index contributed by atoms with van der Waals surface area (Å²) in [6.07, 6.45) is 6.12. The van der Waals surface area contributed by atoms with E-state index in [0.717, 1.165) is 45.2 Å². The summed E-state index contributed by atoms with van der Waals surface area (Å²) in [7, 11) is -7.57. The Kier molecular flexibility index (Phi) is 8.08. The third-order valence-electron chi connectivity index (χ3n) is 2.63. The molecule has 0 N–H and O–H groups in total. The van der Waals surface area contributed by atoms with Crippen LogP contribution in [0.1, 0.15) is 45.4 Å². The average Bonchev–Trinajstić information content (AvgIpc) is 2.32. The van der Waals surface area contributed by atoms with Gasteiger partial charge in [-0.15, -0.1) is 0 Å². The summed E-state index contributed by atoms with van der Waals surface area (Å²) in [5.41, 5.74) is 0. The van der Waals surface area contributed by atoms with Gasteiger partial charge in [0.15, 0.2) is 0 Å². The second kappa shape index (κ2) is 8.42. The number of isocyanates is 1. The molecule has 0 rings (SSSR count). The molecule has 0 aliphatic heterocycles. The second-order valence-corrected chi connectivity index (χ2v) is 8.10. The van der Waals surface area contributed by atoms with E-state index in [-0.39, 0.29) is 9.46 Å². The molecule has 0 aliphatic rings. The van der Waals surface area contributed by atoms with E-state index in [4.69, 9.17) is 0 Å². The van der Waals surface area contributed by atoms with Gasteiger partial charge in [-0.25, -0.2) is 13.2 Å². The Morgan fingerprint density at radius 2 is 1.53 bits per heavy atom. The zero-order valence-corrected chi connectivity index (χ0v) is 12.8. The Labute approximate surface area is 114 Å². The van der Waals surface area contributed by atoms with Gasteiger partial charge in [-0.2, -0.15) is 8.42 Å². The molecule has 9 heteroatoms. The van der Waals surface area contributed by atoms with Crippen molar-refractivity contribution in [2.75, 3.05) is 12.8 Å². The standard InChI is InChI=1S/C10H20N2O5S2/c1-3-4-5-6-7-8-9-18(14,15)12(2)19(16,17)11-10-13/h3-9H2,1-2H3. The van der Waals surface area contributed by atoms with Crippen molar-refractivity contribution in [2.45, 2.75) is 45.4 Å². The minimum atomic E-state index is -4.47. The highest BCUT2D eigenvalue weighted by Crippen LogP contribution is 2.11. The van der Waals surface area contributed by atoms with Crippen LogP contribution < -0.4 is 0 Å². The fraction of sp³-hybridized carbons (Fsp3) is 0.900. The number of nitrogens with zero attached hydrogens (tertiary/aromatic N) is 2. The molecule has 0 radical (unpaired) electrons. The molecule has 0 aliphatic carbocycles. The molecule has 0 heterocycles. The first-order chi connectivity index (χ1) is 8.78. The van der Waals surface area contributed by atoms with Crippen molar-refractivity contribution in [3.8, 4) is 0 Å². The molecule has 0 aromatic heterocycles. The molecular weight excluding hydrogens is 292 g/mol. The molecule has 0 aromatic carbocycles. The molecule has 0 unspecified atom stereocenters. The van der Waals surface area contributed by atoms with Crippen LogP contribution in [0.4, 0.5) is 0 Å². The van der Waals surface area contributed by atoms with Crippen LogP contribution in [0.25, 0.3) is 0 Å². The maximum atomic E-state index is 11.7. The second-order valence-electron chi connectivity index (χ2n) is 4.12. The van der Waals surface area contributed by atoms with Gasteiger partial charge in [-0.1, -0.05) is 47.1 Å². The molecular formula is C10H20N2O5S2. The molecule has 112 valence electrons. The summed E-state index contributed by atoms with van der Waals surface area (Å²) >= 11 is 0. The minimum Gasteiger partial charge on any atom is -0.211 e. The first-order valence-corrected chi connectivity index (χ1v) is 9.09. The van der Waals surface area contributed by atoms with Gasteiger partial charge in [0.05, 0.1) is 5.75 Å². The van der Waals surface area contributed by atoms with Crippen molar-refractivity contribution in [1.29, 1.82) is 0 Å². The summed E-state index contributed by atoms with van der Waals surface area (Å²) in [5.74, 6) is -0.275. The zero-order valence-electron chi connectivity index (χ0n) is 11.2. The molecule has 0 saturated carbocycles. The van der Waals surface area contributed by atoms with E-state index in [9.17, 15) is 21.6 Å². The van der Waals surface area contributed by atoms with Gasteiger partial charge in [0.25, 0.3) is 6.08 Å². The van der Waals surface area contributed by atoms with Crippen LogP contribution in [-0.2, 0) is 25.0 Å². The molecule has 0 atom stereocenters. The van der Waals surface area contributed by atoms with Crippen LogP contribution in [0.5, 0.6) is 0 Å². The lowest BCUT2D eigenvalue weighted by Crippen LogP contribution is -2.33. The highest BCUT2D eigenvalue weighted by molar-refractivity contribution is 8.03. The molecule has 0 bridgehead atoms. The fourth-order valence-corrected chi connectivity index (χ4v) is 3.95. The third-order valence-corrected chi connectivity index (χ3v) is 6.41. The van der Waals surface area contributed by atoms with E-state index < -0.39 is 20.2 Å². The molecule has 7 nitrogen and oxygen atoms in total. The Bertz CT molecular complexity index is 506. The van der Waals surface area contributed by atoms with E-state index in [2.05, 4.69) is 11.3 Å². The normalized spacial score (nSPS) is 12.4. The fourth-order valence-electron chi connectivity index (χ4n) is 1.44. The van der Waals surface area contributed by atoms with Crippen LogP contribution >= 0.6 is 0 Å². The topological polar surface area (TPSA) is 101 Å². The first-order valence-electron chi connectivity index (χ1n) is 6.09. The van der Waals surface area contributed by atoms with E-state index in [0.29, 0.717) is 6.42 Å². The van der Waals surface area contributed by atoms with E-state index in [1.807, 2.05) is 0 Å². The van der Waals surface area contributed by atoms with Crippen molar-refractivity contribution < 1.29 is 21.6 Å². The van der Waals surface area contributed by atoms with Crippen molar-refractivity contribution in [3.63, 3.8) is 0 Å². The average molecular weight is 312 g/mol. The van der Waals surface area contributed by atoms with Gasteiger partial charge in [0, 0.05) is 7.05 Å². The van der Waals surface area contributed by atoms with Crippen LogP contribution in [-0.4, -0.2) is 39.4 Å². The van der Waals surface area contributed by atoms with Gasteiger partial charge in [0.2, 0.25) is 10.0 Å². The number of unbranched alkanes of at least 4 members (excludes halogenated alkanes) is 5. The SMILES string of the molecule is CCCCCCCCS(=O)(=O)N(C)S(=O)(=O)N=C=O. The lowest BCUT2D eigenvalue weighted by atomic mass is 10.1. The maximum absolute atomic E-state index is 11.7. The van der Waals surface area contributed by atoms with Crippen molar-refractivity contribution in [3.05, 3.63) is 0 Å². The van der Waals surface area contributed by atoms with Crippen molar-refractivity contribution >= 4 is 26.3 Å². The summed E-state index contributed by atoms with van der Waals surface area (Å²) in [5, 5.41) is 0. The molecule has 19 heavy (non-hydrogen) atoms. The quantitative estimate of drug-likeness (QED) is 0.342. The molecule has 0 spiro atoms. The largest absolute Gasteiger partial charge is 0.345 e. The van der Waals surface area contributed by atoms with Crippen LogP contribution in [0.2, 0.25) is 0 Å². The Morgan fingerprint density at radius 3 is 2.05 bits per heavy atom. The number of hydrogen-bond acceptors (Lipinski definition) is 5. The van der Waals surface area contributed by atoms with Crippen molar-refractivity contribution in [2.24, 2.45) is 4.40 Å². The van der Waals surface area contributed by atoms with Crippen LogP contribution in [0.15, 0.2) is 4.40 Å². The summed E-state index contributed by atoms with van der Waals surface area (Å²) < 4.78 is 48.6. The van der Waals surface area contributed by atoms with Gasteiger partial charge >= 0.3 is 10.2 Å². The highest BCUT2D eigenvalue weighted by Gasteiger charge is 2.29. The molecule has 0 amide bonds. The summed E-state index contributed by atoms with van der Waals surface area (Å²) in [4.78, 5) is 9.92. The monoisotopic (exact) mass is 312 g/mol. The van der Waals surface area contributed by atoms with E-state index in [1.165, 1.54) is 0 Å². The van der Waals surface area contributed by atoms with Crippen molar-refractivity contribution in [1.82, 2.24) is 3.71 Å². The van der Waals surface area contributed by atoms with Crippen LogP contribution in [0, 0.1) is 0 Å². The number of rotatable bonds is 10. The van der Waals surface area contributed by atoms with Crippen LogP contribution in [0.3, 0.4) is 0 Å². The van der Waals surface area contributed by atoms with E-state index in [1.54, 1.807) is 0 Å². The number of sulfonamides is 1. The van der Waals surface area contributed by atoms with Gasteiger partial charge in [0.1, 0.15) is 0 Å². The maximum Gasteiger partial charge on any atom is 0.345 e. The van der Waals surface area contributed by atoms with Gasteiger partial charge in [-0.3, -0.25) is 0 Å². The van der Waals surface area contributed by atoms with Gasteiger partial charge < -0.3 is 0 Å². The Balaban J connectivity index is 4.37.